The van der Waals surface area contributed by atoms with Crippen molar-refractivity contribution in [2.45, 2.75) is 57.9 Å². The molecule has 1 heterocycles. The van der Waals surface area contributed by atoms with Crippen molar-refractivity contribution in [3.8, 4) is 0 Å². The van der Waals surface area contributed by atoms with Gasteiger partial charge < -0.3 is 10.4 Å². The molecular weight excluding hydrogens is 240 g/mol. The van der Waals surface area contributed by atoms with Gasteiger partial charge >= 0.3 is 5.97 Å². The monoisotopic (exact) mass is 262 g/mol. The number of anilines is 1. The fourth-order valence-electron chi connectivity index (χ4n) is 2.60. The lowest BCUT2D eigenvalue weighted by molar-refractivity contribution is 0.0696. The number of aromatic carboxylic acids is 1. The summed E-state index contributed by atoms with van der Waals surface area (Å²) in [4.78, 5) is 15.7. The molecule has 1 aromatic rings. The maximum Gasteiger partial charge on any atom is 0.335 e. The Balaban J connectivity index is 2.25. The van der Waals surface area contributed by atoms with Gasteiger partial charge in [0.05, 0.1) is 5.56 Å². The van der Waals surface area contributed by atoms with Crippen molar-refractivity contribution in [2.75, 3.05) is 5.32 Å². The smallest absolute Gasteiger partial charge is 0.335 e. The molecule has 0 amide bonds. The van der Waals surface area contributed by atoms with Crippen LogP contribution in [0, 0.1) is 0 Å². The average molecular weight is 262 g/mol. The summed E-state index contributed by atoms with van der Waals surface area (Å²) in [5.41, 5.74) is 1.31. The number of hydrogen-bond donors (Lipinski definition) is 2. The quantitative estimate of drug-likeness (QED) is 0.824. The standard InChI is InChI=1S/C15H22N2O2/c1-3-6-12-9-11(14(18)19)10-13(16-12)17-15(4-2)7-5-8-15/h9-10H,3-8H2,1-2H3,(H,16,17)(H,18,19). The number of hydrogen-bond acceptors (Lipinski definition) is 3. The Labute approximate surface area is 114 Å². The van der Waals surface area contributed by atoms with Crippen LogP contribution in [0.15, 0.2) is 12.1 Å². The van der Waals surface area contributed by atoms with Gasteiger partial charge in [-0.05, 0) is 44.2 Å². The fourth-order valence-corrected chi connectivity index (χ4v) is 2.60. The molecule has 4 nitrogen and oxygen atoms in total. The highest BCUT2D eigenvalue weighted by Crippen LogP contribution is 2.37. The van der Waals surface area contributed by atoms with Gasteiger partial charge in [0.2, 0.25) is 0 Å². The molecule has 1 aliphatic carbocycles. The number of nitrogens with zero attached hydrogens (tertiary/aromatic N) is 1. The van der Waals surface area contributed by atoms with E-state index < -0.39 is 5.97 Å². The molecule has 1 fully saturated rings. The minimum atomic E-state index is -0.887. The molecule has 0 spiro atoms. The molecule has 4 heteroatoms. The maximum atomic E-state index is 11.2. The van der Waals surface area contributed by atoms with Crippen molar-refractivity contribution >= 4 is 11.8 Å². The van der Waals surface area contributed by atoms with E-state index in [0.29, 0.717) is 11.4 Å². The number of pyridine rings is 1. The number of carbonyl (C=O) groups is 1. The number of rotatable bonds is 6. The highest BCUT2D eigenvalue weighted by atomic mass is 16.4. The predicted octanol–water partition coefficient (Wildman–Crippen LogP) is 3.48. The second kappa shape index (κ2) is 5.59. The lowest BCUT2D eigenvalue weighted by atomic mass is 9.75. The van der Waals surface area contributed by atoms with Gasteiger partial charge in [0.15, 0.2) is 0 Å². The van der Waals surface area contributed by atoms with E-state index in [1.165, 1.54) is 6.42 Å². The van der Waals surface area contributed by atoms with Gasteiger partial charge in [-0.25, -0.2) is 9.78 Å². The van der Waals surface area contributed by atoms with E-state index in [4.69, 9.17) is 0 Å². The third-order valence-corrected chi connectivity index (χ3v) is 4.01. The summed E-state index contributed by atoms with van der Waals surface area (Å²) in [6, 6.07) is 3.33. The van der Waals surface area contributed by atoms with E-state index >= 15 is 0 Å². The molecule has 0 unspecified atom stereocenters. The zero-order valence-corrected chi connectivity index (χ0v) is 11.7. The molecule has 1 aliphatic rings. The predicted molar refractivity (Wildman–Crippen MR) is 75.7 cm³/mol. The van der Waals surface area contributed by atoms with Crippen molar-refractivity contribution in [2.24, 2.45) is 0 Å². The molecule has 19 heavy (non-hydrogen) atoms. The van der Waals surface area contributed by atoms with Gasteiger partial charge in [0.25, 0.3) is 0 Å². The minimum absolute atomic E-state index is 0.133. The summed E-state index contributed by atoms with van der Waals surface area (Å²) < 4.78 is 0. The molecule has 1 saturated carbocycles. The van der Waals surface area contributed by atoms with Crippen molar-refractivity contribution in [3.63, 3.8) is 0 Å². The maximum absolute atomic E-state index is 11.2. The zero-order chi connectivity index (χ0) is 13.9. The Morgan fingerprint density at radius 2 is 2.16 bits per heavy atom. The van der Waals surface area contributed by atoms with E-state index in [1.807, 2.05) is 0 Å². The van der Waals surface area contributed by atoms with Gasteiger partial charge in [0, 0.05) is 11.2 Å². The first kappa shape index (κ1) is 13.8. The van der Waals surface area contributed by atoms with Crippen LogP contribution in [0.2, 0.25) is 0 Å². The molecule has 0 atom stereocenters. The molecule has 0 aliphatic heterocycles. The first-order valence-corrected chi connectivity index (χ1v) is 7.11. The molecule has 1 aromatic heterocycles. The number of nitrogens with one attached hydrogen (secondary N) is 1. The third-order valence-electron chi connectivity index (χ3n) is 4.01. The highest BCUT2D eigenvalue weighted by Gasteiger charge is 2.35. The van der Waals surface area contributed by atoms with E-state index in [9.17, 15) is 9.90 Å². The van der Waals surface area contributed by atoms with Crippen molar-refractivity contribution in [1.29, 1.82) is 0 Å². The number of carboxylic acid groups (broad SMARTS) is 1. The molecule has 0 radical (unpaired) electrons. The Bertz CT molecular complexity index is 462. The zero-order valence-electron chi connectivity index (χ0n) is 11.7. The molecule has 0 saturated heterocycles. The summed E-state index contributed by atoms with van der Waals surface area (Å²) >= 11 is 0. The third kappa shape index (κ3) is 3.06. The topological polar surface area (TPSA) is 62.2 Å². The summed E-state index contributed by atoms with van der Waals surface area (Å²) in [6.07, 6.45) is 6.36. The van der Waals surface area contributed by atoms with E-state index in [1.54, 1.807) is 12.1 Å². The molecule has 0 aromatic carbocycles. The van der Waals surface area contributed by atoms with Crippen LogP contribution in [0.1, 0.15) is 62.0 Å². The molecular formula is C15H22N2O2. The number of aryl methyl sites for hydroxylation is 1. The van der Waals surface area contributed by atoms with Crippen LogP contribution in [0.5, 0.6) is 0 Å². The Morgan fingerprint density at radius 1 is 1.42 bits per heavy atom. The van der Waals surface area contributed by atoms with E-state index in [2.05, 4.69) is 24.1 Å². The largest absolute Gasteiger partial charge is 0.478 e. The molecule has 0 bridgehead atoms. The summed E-state index contributed by atoms with van der Waals surface area (Å²) in [6.45, 7) is 4.24. The van der Waals surface area contributed by atoms with Crippen LogP contribution in [0.4, 0.5) is 5.82 Å². The van der Waals surface area contributed by atoms with Gasteiger partial charge in [-0.15, -0.1) is 0 Å². The van der Waals surface area contributed by atoms with Crippen LogP contribution in [0.25, 0.3) is 0 Å². The Hall–Kier alpha value is -1.58. The summed E-state index contributed by atoms with van der Waals surface area (Å²) in [5.74, 6) is -0.174. The number of aromatic nitrogens is 1. The summed E-state index contributed by atoms with van der Waals surface area (Å²) in [7, 11) is 0. The molecule has 104 valence electrons. The van der Waals surface area contributed by atoms with E-state index in [-0.39, 0.29) is 5.54 Å². The second-order valence-corrected chi connectivity index (χ2v) is 5.40. The van der Waals surface area contributed by atoms with Gasteiger partial charge in [0.1, 0.15) is 5.82 Å². The minimum Gasteiger partial charge on any atom is -0.478 e. The van der Waals surface area contributed by atoms with Gasteiger partial charge in [-0.1, -0.05) is 20.3 Å². The van der Waals surface area contributed by atoms with Gasteiger partial charge in [-0.3, -0.25) is 0 Å². The lowest BCUT2D eigenvalue weighted by Crippen LogP contribution is -2.44. The Morgan fingerprint density at radius 3 is 2.63 bits per heavy atom. The highest BCUT2D eigenvalue weighted by molar-refractivity contribution is 5.88. The molecule has 2 N–H and O–H groups in total. The number of carboxylic acids is 1. The van der Waals surface area contributed by atoms with Crippen LogP contribution in [0.3, 0.4) is 0 Å². The van der Waals surface area contributed by atoms with Crippen LogP contribution in [-0.2, 0) is 6.42 Å². The van der Waals surface area contributed by atoms with Crippen LogP contribution < -0.4 is 5.32 Å². The first-order valence-electron chi connectivity index (χ1n) is 7.11. The van der Waals surface area contributed by atoms with Crippen molar-refractivity contribution in [1.82, 2.24) is 4.98 Å². The van der Waals surface area contributed by atoms with Crippen molar-refractivity contribution < 1.29 is 9.90 Å². The summed E-state index contributed by atoms with van der Waals surface area (Å²) in [5, 5.41) is 12.6. The van der Waals surface area contributed by atoms with Crippen molar-refractivity contribution in [3.05, 3.63) is 23.4 Å². The van der Waals surface area contributed by atoms with Gasteiger partial charge in [-0.2, -0.15) is 0 Å². The van der Waals surface area contributed by atoms with E-state index in [0.717, 1.165) is 37.8 Å². The van der Waals surface area contributed by atoms with Crippen LogP contribution >= 0.6 is 0 Å². The Kier molecular flexibility index (Phi) is 4.08. The molecule has 2 rings (SSSR count). The fraction of sp³-hybridized carbons (Fsp3) is 0.600. The normalized spacial score (nSPS) is 16.7. The lowest BCUT2D eigenvalue weighted by Gasteiger charge is -2.42. The first-order chi connectivity index (χ1) is 9.08. The average Bonchev–Trinajstić information content (AvgIpc) is 2.34. The second-order valence-electron chi connectivity index (χ2n) is 5.40. The SMILES string of the molecule is CCCc1cc(C(=O)O)cc(NC2(CC)CCC2)n1. The van der Waals surface area contributed by atoms with Crippen LogP contribution in [-0.4, -0.2) is 21.6 Å².